The molecule has 0 aliphatic heterocycles. The number of carbonyl (C=O) groups is 1. The van der Waals surface area contributed by atoms with Crippen molar-refractivity contribution in [2.24, 2.45) is 0 Å². The van der Waals surface area contributed by atoms with Gasteiger partial charge in [-0.25, -0.2) is 0 Å². The standard InChI is InChI=1S/C14H31N3O2/c1-6-9-17(12-11-16(4)5)10-8-13(15-3)14(18)19-7-2/h13,15H,6-12H2,1-5H3. The van der Waals surface area contributed by atoms with Crippen molar-refractivity contribution in [1.82, 2.24) is 15.1 Å². The predicted molar refractivity (Wildman–Crippen MR) is 79.4 cm³/mol. The molecular formula is C14H31N3O2. The van der Waals surface area contributed by atoms with Crippen LogP contribution in [0.3, 0.4) is 0 Å². The third kappa shape index (κ3) is 8.97. The maximum atomic E-state index is 11.7. The molecule has 0 aliphatic rings. The molecule has 114 valence electrons. The van der Waals surface area contributed by atoms with Gasteiger partial charge in [0.15, 0.2) is 0 Å². The number of hydrogen-bond acceptors (Lipinski definition) is 5. The molecule has 0 spiro atoms. The molecular weight excluding hydrogens is 242 g/mol. The molecule has 1 unspecified atom stereocenters. The molecule has 0 bridgehead atoms. The van der Waals surface area contributed by atoms with Crippen LogP contribution in [0.25, 0.3) is 0 Å². The molecule has 0 aromatic rings. The van der Waals surface area contributed by atoms with Crippen molar-refractivity contribution in [3.63, 3.8) is 0 Å². The van der Waals surface area contributed by atoms with Crippen molar-refractivity contribution >= 4 is 5.97 Å². The second kappa shape index (κ2) is 11.2. The van der Waals surface area contributed by atoms with Crippen LogP contribution in [0.1, 0.15) is 26.7 Å². The Bertz CT molecular complexity index is 235. The normalized spacial score (nSPS) is 13.0. The summed E-state index contributed by atoms with van der Waals surface area (Å²) in [4.78, 5) is 16.3. The summed E-state index contributed by atoms with van der Waals surface area (Å²) >= 11 is 0. The highest BCUT2D eigenvalue weighted by Crippen LogP contribution is 2.01. The fraction of sp³-hybridized carbons (Fsp3) is 0.929. The lowest BCUT2D eigenvalue weighted by atomic mass is 10.2. The highest BCUT2D eigenvalue weighted by molar-refractivity contribution is 5.75. The molecule has 0 rings (SSSR count). The van der Waals surface area contributed by atoms with Gasteiger partial charge in [0.05, 0.1) is 6.61 Å². The van der Waals surface area contributed by atoms with Gasteiger partial charge in [-0.2, -0.15) is 0 Å². The van der Waals surface area contributed by atoms with Crippen molar-refractivity contribution in [1.29, 1.82) is 0 Å². The summed E-state index contributed by atoms with van der Waals surface area (Å²) in [6, 6.07) is -0.196. The van der Waals surface area contributed by atoms with Crippen LogP contribution in [0.5, 0.6) is 0 Å². The predicted octanol–water partition coefficient (Wildman–Crippen LogP) is 0.801. The van der Waals surface area contributed by atoms with Crippen LogP contribution in [0, 0.1) is 0 Å². The number of rotatable bonds is 11. The van der Waals surface area contributed by atoms with E-state index in [9.17, 15) is 4.79 Å². The van der Waals surface area contributed by atoms with Crippen LogP contribution in [0.4, 0.5) is 0 Å². The van der Waals surface area contributed by atoms with Crippen LogP contribution in [0.2, 0.25) is 0 Å². The molecule has 0 radical (unpaired) electrons. The van der Waals surface area contributed by atoms with Crippen LogP contribution < -0.4 is 5.32 Å². The molecule has 5 nitrogen and oxygen atoms in total. The first-order chi connectivity index (χ1) is 9.04. The van der Waals surface area contributed by atoms with Gasteiger partial charge in [-0.1, -0.05) is 6.92 Å². The number of carbonyl (C=O) groups excluding carboxylic acids is 1. The van der Waals surface area contributed by atoms with E-state index < -0.39 is 0 Å². The van der Waals surface area contributed by atoms with Gasteiger partial charge in [0.25, 0.3) is 0 Å². The zero-order valence-corrected chi connectivity index (χ0v) is 13.2. The van der Waals surface area contributed by atoms with Crippen LogP contribution in [0.15, 0.2) is 0 Å². The number of nitrogens with zero attached hydrogens (tertiary/aromatic N) is 2. The molecule has 1 atom stereocenters. The quantitative estimate of drug-likeness (QED) is 0.564. The van der Waals surface area contributed by atoms with Gasteiger partial charge >= 0.3 is 5.97 Å². The first-order valence-corrected chi connectivity index (χ1v) is 7.26. The van der Waals surface area contributed by atoms with Crippen molar-refractivity contribution in [2.45, 2.75) is 32.7 Å². The lowest BCUT2D eigenvalue weighted by molar-refractivity contribution is -0.145. The number of nitrogens with one attached hydrogen (secondary N) is 1. The molecule has 0 amide bonds. The zero-order chi connectivity index (χ0) is 14.7. The minimum Gasteiger partial charge on any atom is -0.465 e. The van der Waals surface area contributed by atoms with E-state index in [4.69, 9.17) is 4.74 Å². The van der Waals surface area contributed by atoms with Gasteiger partial charge in [0, 0.05) is 19.6 Å². The van der Waals surface area contributed by atoms with Gasteiger partial charge in [-0.3, -0.25) is 4.79 Å². The summed E-state index contributed by atoms with van der Waals surface area (Å²) in [6.45, 7) is 8.55. The summed E-state index contributed by atoms with van der Waals surface area (Å²) in [5.41, 5.74) is 0. The van der Waals surface area contributed by atoms with Gasteiger partial charge in [0.2, 0.25) is 0 Å². The number of hydrogen-bond donors (Lipinski definition) is 1. The Morgan fingerprint density at radius 2 is 1.84 bits per heavy atom. The molecule has 0 aromatic heterocycles. The molecule has 0 saturated carbocycles. The van der Waals surface area contributed by atoms with Crippen molar-refractivity contribution in [3.8, 4) is 0 Å². The molecule has 19 heavy (non-hydrogen) atoms. The van der Waals surface area contributed by atoms with E-state index in [-0.39, 0.29) is 12.0 Å². The van der Waals surface area contributed by atoms with Gasteiger partial charge in [-0.05, 0) is 47.5 Å². The molecule has 0 aromatic carbocycles. The third-order valence-corrected chi connectivity index (χ3v) is 3.06. The Morgan fingerprint density at radius 3 is 2.32 bits per heavy atom. The maximum absolute atomic E-state index is 11.7. The molecule has 0 saturated heterocycles. The summed E-state index contributed by atoms with van der Waals surface area (Å²) in [6.07, 6.45) is 1.93. The molecule has 1 N–H and O–H groups in total. The second-order valence-electron chi connectivity index (χ2n) is 5.03. The van der Waals surface area contributed by atoms with E-state index in [2.05, 4.69) is 36.1 Å². The maximum Gasteiger partial charge on any atom is 0.323 e. The largest absolute Gasteiger partial charge is 0.465 e. The SMILES string of the molecule is CCCN(CCC(NC)C(=O)OCC)CCN(C)C. The number of ether oxygens (including phenoxy) is 1. The van der Waals surface area contributed by atoms with E-state index in [0.29, 0.717) is 6.61 Å². The average Bonchev–Trinajstić information content (AvgIpc) is 2.36. The molecule has 0 heterocycles. The Kier molecular flexibility index (Phi) is 10.8. The van der Waals surface area contributed by atoms with Crippen LogP contribution >= 0.6 is 0 Å². The van der Waals surface area contributed by atoms with E-state index in [1.807, 2.05) is 14.0 Å². The Labute approximate surface area is 118 Å². The topological polar surface area (TPSA) is 44.8 Å². The lowest BCUT2D eigenvalue weighted by Gasteiger charge is -2.25. The molecule has 0 fully saturated rings. The summed E-state index contributed by atoms with van der Waals surface area (Å²) in [5, 5.41) is 3.04. The fourth-order valence-corrected chi connectivity index (χ4v) is 1.93. The van der Waals surface area contributed by atoms with E-state index in [1.54, 1.807) is 0 Å². The fourth-order valence-electron chi connectivity index (χ4n) is 1.93. The van der Waals surface area contributed by atoms with Crippen molar-refractivity contribution in [2.75, 3.05) is 53.9 Å². The lowest BCUT2D eigenvalue weighted by Crippen LogP contribution is -2.40. The van der Waals surface area contributed by atoms with Gasteiger partial charge in [0.1, 0.15) is 6.04 Å². The van der Waals surface area contributed by atoms with Gasteiger partial charge < -0.3 is 19.9 Å². The first-order valence-electron chi connectivity index (χ1n) is 7.26. The van der Waals surface area contributed by atoms with Crippen molar-refractivity contribution < 1.29 is 9.53 Å². The van der Waals surface area contributed by atoms with Crippen LogP contribution in [-0.2, 0) is 9.53 Å². The third-order valence-electron chi connectivity index (χ3n) is 3.06. The second-order valence-corrected chi connectivity index (χ2v) is 5.03. The highest BCUT2D eigenvalue weighted by Gasteiger charge is 2.18. The number of esters is 1. The minimum absolute atomic E-state index is 0.144. The van der Waals surface area contributed by atoms with E-state index >= 15 is 0 Å². The smallest absolute Gasteiger partial charge is 0.323 e. The Balaban J connectivity index is 4.15. The van der Waals surface area contributed by atoms with E-state index in [1.165, 1.54) is 0 Å². The Morgan fingerprint density at radius 1 is 1.16 bits per heavy atom. The van der Waals surface area contributed by atoms with Gasteiger partial charge in [-0.15, -0.1) is 0 Å². The van der Waals surface area contributed by atoms with Crippen LogP contribution in [-0.4, -0.2) is 75.7 Å². The monoisotopic (exact) mass is 273 g/mol. The minimum atomic E-state index is -0.196. The summed E-state index contributed by atoms with van der Waals surface area (Å²) < 4.78 is 5.06. The molecule has 5 heteroatoms. The number of likely N-dealkylation sites (N-methyl/N-ethyl adjacent to an activating group) is 2. The average molecular weight is 273 g/mol. The first kappa shape index (κ1) is 18.4. The van der Waals surface area contributed by atoms with E-state index in [0.717, 1.165) is 39.0 Å². The zero-order valence-electron chi connectivity index (χ0n) is 13.2. The molecule has 0 aliphatic carbocycles. The highest BCUT2D eigenvalue weighted by atomic mass is 16.5. The Hall–Kier alpha value is -0.650. The summed E-state index contributed by atoms with van der Waals surface area (Å²) in [7, 11) is 5.98. The van der Waals surface area contributed by atoms with Crippen molar-refractivity contribution in [3.05, 3.63) is 0 Å². The summed E-state index contributed by atoms with van der Waals surface area (Å²) in [5.74, 6) is -0.144.